The fourth-order valence-electron chi connectivity index (χ4n) is 1.99. The van der Waals surface area contributed by atoms with E-state index in [0.29, 0.717) is 18.7 Å². The van der Waals surface area contributed by atoms with E-state index in [1.165, 1.54) is 0 Å². The van der Waals surface area contributed by atoms with E-state index < -0.39 is 0 Å². The highest BCUT2D eigenvalue weighted by molar-refractivity contribution is 7.09. The van der Waals surface area contributed by atoms with Crippen molar-refractivity contribution in [1.29, 1.82) is 0 Å². The van der Waals surface area contributed by atoms with Crippen LogP contribution in [0.3, 0.4) is 0 Å². The Bertz CT molecular complexity index is 654. The average molecular weight is 331 g/mol. The quantitative estimate of drug-likeness (QED) is 0.762. The summed E-state index contributed by atoms with van der Waals surface area (Å²) in [6, 6.07) is 11.0. The number of rotatable bonds is 6. The molecule has 0 bridgehead atoms. The molecule has 6 heteroatoms. The number of amides is 3. The molecule has 0 aliphatic heterocycles. The summed E-state index contributed by atoms with van der Waals surface area (Å²) in [4.78, 5) is 24.9. The lowest BCUT2D eigenvalue weighted by Crippen LogP contribution is -2.34. The van der Waals surface area contributed by atoms with Gasteiger partial charge in [-0.15, -0.1) is 11.3 Å². The number of hydrogen-bond acceptors (Lipinski definition) is 3. The molecule has 2 rings (SSSR count). The molecular weight excluding hydrogens is 310 g/mol. The summed E-state index contributed by atoms with van der Waals surface area (Å²) in [6.07, 6.45) is 0. The van der Waals surface area contributed by atoms with Crippen molar-refractivity contribution in [3.63, 3.8) is 0 Å². The van der Waals surface area contributed by atoms with Crippen LogP contribution >= 0.6 is 11.3 Å². The predicted molar refractivity (Wildman–Crippen MR) is 92.4 cm³/mol. The SMILES string of the molecule is CC(C)NC(=O)c1cccc(CNC(=O)NCc2cccs2)c1. The zero-order valence-corrected chi connectivity index (χ0v) is 14.1. The van der Waals surface area contributed by atoms with Gasteiger partial charge >= 0.3 is 6.03 Å². The van der Waals surface area contributed by atoms with Gasteiger partial charge in [0, 0.05) is 23.0 Å². The average Bonchev–Trinajstić information content (AvgIpc) is 3.04. The van der Waals surface area contributed by atoms with Crippen molar-refractivity contribution in [3.05, 3.63) is 57.8 Å². The molecule has 5 nitrogen and oxygen atoms in total. The maximum absolute atomic E-state index is 12.0. The lowest BCUT2D eigenvalue weighted by atomic mass is 10.1. The van der Waals surface area contributed by atoms with E-state index in [2.05, 4.69) is 16.0 Å². The molecule has 23 heavy (non-hydrogen) atoms. The van der Waals surface area contributed by atoms with Gasteiger partial charge < -0.3 is 16.0 Å². The monoisotopic (exact) mass is 331 g/mol. The van der Waals surface area contributed by atoms with Crippen LogP contribution in [0.1, 0.15) is 34.6 Å². The molecule has 0 saturated carbocycles. The van der Waals surface area contributed by atoms with Crippen LogP contribution in [-0.4, -0.2) is 18.0 Å². The first-order chi connectivity index (χ1) is 11.0. The van der Waals surface area contributed by atoms with Gasteiger partial charge in [0.1, 0.15) is 0 Å². The van der Waals surface area contributed by atoms with E-state index in [9.17, 15) is 9.59 Å². The van der Waals surface area contributed by atoms with Gasteiger partial charge in [-0.1, -0.05) is 18.2 Å². The molecule has 1 heterocycles. The fraction of sp³-hybridized carbons (Fsp3) is 0.294. The lowest BCUT2D eigenvalue weighted by molar-refractivity contribution is 0.0943. The van der Waals surface area contributed by atoms with Crippen LogP contribution in [0.4, 0.5) is 4.79 Å². The molecule has 0 saturated heterocycles. The molecule has 0 aliphatic rings. The molecule has 0 fully saturated rings. The van der Waals surface area contributed by atoms with E-state index in [-0.39, 0.29) is 18.0 Å². The third-order valence-corrected chi connectivity index (χ3v) is 3.94. The number of benzene rings is 1. The molecule has 2 aromatic rings. The normalized spacial score (nSPS) is 10.4. The molecule has 0 aliphatic carbocycles. The van der Waals surface area contributed by atoms with Crippen LogP contribution in [-0.2, 0) is 13.1 Å². The maximum atomic E-state index is 12.0. The number of carbonyl (C=O) groups excluding carboxylic acids is 2. The van der Waals surface area contributed by atoms with Gasteiger partial charge in [-0.25, -0.2) is 4.79 Å². The number of nitrogens with one attached hydrogen (secondary N) is 3. The Labute approximate surface area is 140 Å². The molecule has 1 aromatic heterocycles. The fourth-order valence-corrected chi connectivity index (χ4v) is 2.64. The van der Waals surface area contributed by atoms with Gasteiger partial charge in [0.2, 0.25) is 0 Å². The minimum Gasteiger partial charge on any atom is -0.350 e. The molecule has 0 unspecified atom stereocenters. The van der Waals surface area contributed by atoms with Gasteiger partial charge in [0.15, 0.2) is 0 Å². The third-order valence-electron chi connectivity index (χ3n) is 3.07. The van der Waals surface area contributed by atoms with Gasteiger partial charge in [-0.3, -0.25) is 4.79 Å². The van der Waals surface area contributed by atoms with Crippen LogP contribution in [0, 0.1) is 0 Å². The van der Waals surface area contributed by atoms with Crippen LogP contribution in [0.2, 0.25) is 0 Å². The molecule has 0 spiro atoms. The van der Waals surface area contributed by atoms with Crippen LogP contribution < -0.4 is 16.0 Å². The summed E-state index contributed by atoms with van der Waals surface area (Å²) in [6.45, 7) is 4.72. The van der Waals surface area contributed by atoms with Crippen LogP contribution in [0.25, 0.3) is 0 Å². The summed E-state index contributed by atoms with van der Waals surface area (Å²) in [5.74, 6) is -0.107. The van der Waals surface area contributed by atoms with E-state index in [1.807, 2.05) is 43.5 Å². The van der Waals surface area contributed by atoms with Crippen molar-refractivity contribution >= 4 is 23.3 Å². The molecular formula is C17H21N3O2S. The summed E-state index contributed by atoms with van der Waals surface area (Å²) in [5.41, 5.74) is 1.48. The molecule has 0 radical (unpaired) electrons. The van der Waals surface area contributed by atoms with Crippen molar-refractivity contribution in [2.45, 2.75) is 33.0 Å². The Kier molecular flexibility index (Phi) is 6.17. The van der Waals surface area contributed by atoms with E-state index in [0.717, 1.165) is 10.4 Å². The van der Waals surface area contributed by atoms with Crippen molar-refractivity contribution in [1.82, 2.24) is 16.0 Å². The Morgan fingerprint density at radius 1 is 1.09 bits per heavy atom. The molecule has 3 N–H and O–H groups in total. The standard InChI is InChI=1S/C17H21N3O2S/c1-12(2)20-16(21)14-6-3-5-13(9-14)10-18-17(22)19-11-15-7-4-8-23-15/h3-9,12H,10-11H2,1-2H3,(H,20,21)(H2,18,19,22). The van der Waals surface area contributed by atoms with Crippen molar-refractivity contribution < 1.29 is 9.59 Å². The zero-order chi connectivity index (χ0) is 16.7. The molecule has 0 atom stereocenters. The highest BCUT2D eigenvalue weighted by atomic mass is 32.1. The largest absolute Gasteiger partial charge is 0.350 e. The minimum absolute atomic E-state index is 0.0901. The van der Waals surface area contributed by atoms with Gasteiger partial charge in [0.25, 0.3) is 5.91 Å². The summed E-state index contributed by atoms with van der Waals surface area (Å²) < 4.78 is 0. The van der Waals surface area contributed by atoms with Crippen LogP contribution in [0.5, 0.6) is 0 Å². The van der Waals surface area contributed by atoms with E-state index in [1.54, 1.807) is 23.5 Å². The zero-order valence-electron chi connectivity index (χ0n) is 13.3. The number of thiophene rings is 1. The Morgan fingerprint density at radius 3 is 2.57 bits per heavy atom. The lowest BCUT2D eigenvalue weighted by Gasteiger charge is -2.10. The highest BCUT2D eigenvalue weighted by Crippen LogP contribution is 2.08. The van der Waals surface area contributed by atoms with Crippen LogP contribution in [0.15, 0.2) is 41.8 Å². The van der Waals surface area contributed by atoms with Gasteiger partial charge in [0.05, 0.1) is 6.54 Å². The first kappa shape index (κ1) is 17.0. The molecule has 3 amide bonds. The van der Waals surface area contributed by atoms with Crippen molar-refractivity contribution in [3.8, 4) is 0 Å². The Hall–Kier alpha value is -2.34. The Morgan fingerprint density at radius 2 is 1.87 bits per heavy atom. The van der Waals surface area contributed by atoms with Gasteiger partial charge in [-0.2, -0.15) is 0 Å². The van der Waals surface area contributed by atoms with Crippen molar-refractivity contribution in [2.75, 3.05) is 0 Å². The first-order valence-electron chi connectivity index (χ1n) is 7.48. The van der Waals surface area contributed by atoms with E-state index in [4.69, 9.17) is 0 Å². The molecule has 1 aromatic carbocycles. The number of hydrogen-bond donors (Lipinski definition) is 3. The second-order valence-corrected chi connectivity index (χ2v) is 6.48. The number of urea groups is 1. The summed E-state index contributed by atoms with van der Waals surface area (Å²) in [7, 11) is 0. The predicted octanol–water partition coefficient (Wildman–Crippen LogP) is 2.89. The topological polar surface area (TPSA) is 70.2 Å². The van der Waals surface area contributed by atoms with Gasteiger partial charge in [-0.05, 0) is 43.0 Å². The number of carbonyl (C=O) groups is 2. The second-order valence-electron chi connectivity index (χ2n) is 5.44. The minimum atomic E-state index is -0.226. The maximum Gasteiger partial charge on any atom is 0.315 e. The smallest absolute Gasteiger partial charge is 0.315 e. The third kappa shape index (κ3) is 5.75. The summed E-state index contributed by atoms with van der Waals surface area (Å²) >= 11 is 1.60. The first-order valence-corrected chi connectivity index (χ1v) is 8.36. The second kappa shape index (κ2) is 8.33. The van der Waals surface area contributed by atoms with Crippen molar-refractivity contribution in [2.24, 2.45) is 0 Å². The highest BCUT2D eigenvalue weighted by Gasteiger charge is 2.08. The van der Waals surface area contributed by atoms with E-state index >= 15 is 0 Å². The molecule has 122 valence electrons. The Balaban J connectivity index is 1.83. The summed E-state index contributed by atoms with van der Waals surface area (Å²) in [5, 5.41) is 10.4.